The number of non-ortho nitro benzene ring substituents is 1. The smallest absolute Gasteiger partial charge is 0.270 e. The van der Waals surface area contributed by atoms with Crippen molar-refractivity contribution in [3.63, 3.8) is 0 Å². The lowest BCUT2D eigenvalue weighted by Crippen LogP contribution is -1.93. The zero-order valence-corrected chi connectivity index (χ0v) is 13.7. The van der Waals surface area contributed by atoms with E-state index in [2.05, 4.69) is 24.3 Å². The van der Waals surface area contributed by atoms with Crippen LogP contribution in [0, 0.1) is 10.1 Å². The third kappa shape index (κ3) is 2.68. The van der Waals surface area contributed by atoms with Gasteiger partial charge in [-0.05, 0) is 28.8 Å². The zero-order chi connectivity index (χ0) is 17.4. The molecule has 122 valence electrons. The van der Waals surface area contributed by atoms with Gasteiger partial charge in [0.15, 0.2) is 0 Å². The van der Waals surface area contributed by atoms with Gasteiger partial charge in [-0.2, -0.15) is 0 Å². The summed E-state index contributed by atoms with van der Waals surface area (Å²) in [6.07, 6.45) is 1.93. The van der Waals surface area contributed by atoms with Crippen LogP contribution in [0.3, 0.4) is 0 Å². The van der Waals surface area contributed by atoms with Gasteiger partial charge in [-0.15, -0.1) is 0 Å². The summed E-state index contributed by atoms with van der Waals surface area (Å²) < 4.78 is 2.00. The zero-order valence-electron chi connectivity index (χ0n) is 13.7. The maximum atomic E-state index is 11.3. The second-order valence-electron chi connectivity index (χ2n) is 6.06. The van der Waals surface area contributed by atoms with Crippen LogP contribution in [0.5, 0.6) is 0 Å². The maximum absolute atomic E-state index is 11.3. The van der Waals surface area contributed by atoms with Crippen molar-refractivity contribution < 1.29 is 4.92 Å². The van der Waals surface area contributed by atoms with Gasteiger partial charge in [-0.25, -0.2) is 0 Å². The van der Waals surface area contributed by atoms with Crippen LogP contribution in [-0.2, 0) is 7.05 Å². The highest BCUT2D eigenvalue weighted by Crippen LogP contribution is 2.35. The van der Waals surface area contributed by atoms with E-state index >= 15 is 0 Å². The number of hydrogen-bond acceptors (Lipinski definition) is 2. The Morgan fingerprint density at radius 1 is 0.840 bits per heavy atom. The van der Waals surface area contributed by atoms with Crippen molar-refractivity contribution in [3.8, 4) is 22.3 Å². The number of nitro groups is 1. The second kappa shape index (κ2) is 5.91. The Morgan fingerprint density at radius 3 is 2.32 bits per heavy atom. The number of nitro benzene ring substituents is 1. The van der Waals surface area contributed by atoms with Crippen LogP contribution in [-0.4, -0.2) is 9.49 Å². The molecule has 0 fully saturated rings. The molecule has 1 aromatic heterocycles. The number of nitrogens with zero attached hydrogens (tertiary/aromatic N) is 2. The van der Waals surface area contributed by atoms with Crippen LogP contribution in [0.4, 0.5) is 5.69 Å². The Kier molecular flexibility index (Phi) is 3.58. The molecule has 4 heteroatoms. The summed E-state index contributed by atoms with van der Waals surface area (Å²) in [7, 11) is 1.96. The Balaban J connectivity index is 1.95. The molecule has 1 heterocycles. The molecular formula is C21H16N2O2. The van der Waals surface area contributed by atoms with Gasteiger partial charge in [0.2, 0.25) is 0 Å². The molecule has 3 aromatic carbocycles. The molecule has 0 aliphatic carbocycles. The molecule has 0 saturated carbocycles. The van der Waals surface area contributed by atoms with Crippen LogP contribution >= 0.6 is 0 Å². The first-order valence-electron chi connectivity index (χ1n) is 8.03. The molecule has 4 rings (SSSR count). The minimum Gasteiger partial charge on any atom is -0.350 e. The molecule has 0 radical (unpaired) electrons. The molecule has 0 N–H and O–H groups in total. The van der Waals surface area contributed by atoms with E-state index in [0.717, 1.165) is 33.2 Å². The SMILES string of the molecule is Cn1ccc2cc([N+](=O)[O-])cc(-c3cccc(-c4ccccc4)c3)c21. The average Bonchev–Trinajstić information content (AvgIpc) is 3.03. The molecule has 0 aliphatic heterocycles. The fourth-order valence-corrected chi connectivity index (χ4v) is 3.25. The molecule has 0 spiro atoms. The molecule has 4 nitrogen and oxygen atoms in total. The van der Waals surface area contributed by atoms with Crippen LogP contribution in [0.2, 0.25) is 0 Å². The van der Waals surface area contributed by atoms with E-state index in [1.54, 1.807) is 12.1 Å². The minimum atomic E-state index is -0.336. The summed E-state index contributed by atoms with van der Waals surface area (Å²) in [6.45, 7) is 0. The van der Waals surface area contributed by atoms with E-state index in [9.17, 15) is 10.1 Å². The van der Waals surface area contributed by atoms with Gasteiger partial charge in [0.05, 0.1) is 10.4 Å². The molecule has 0 bridgehead atoms. The third-order valence-corrected chi connectivity index (χ3v) is 4.45. The normalized spacial score (nSPS) is 10.9. The predicted octanol–water partition coefficient (Wildman–Crippen LogP) is 5.42. The standard InChI is InChI=1S/C21H16N2O2/c1-22-11-10-18-13-19(23(24)25)14-20(21(18)22)17-9-5-8-16(12-17)15-6-3-2-4-7-15/h2-14H,1H3. The number of hydrogen-bond donors (Lipinski definition) is 0. The van der Waals surface area contributed by atoms with Gasteiger partial charge >= 0.3 is 0 Å². The molecule has 0 saturated heterocycles. The first-order valence-corrected chi connectivity index (χ1v) is 8.03. The van der Waals surface area contributed by atoms with Gasteiger partial charge < -0.3 is 4.57 Å². The number of fused-ring (bicyclic) bond motifs is 1. The topological polar surface area (TPSA) is 48.1 Å². The van der Waals surface area contributed by atoms with Crippen LogP contribution in [0.1, 0.15) is 0 Å². The average molecular weight is 328 g/mol. The second-order valence-corrected chi connectivity index (χ2v) is 6.06. The Morgan fingerprint density at radius 2 is 1.56 bits per heavy atom. The summed E-state index contributed by atoms with van der Waals surface area (Å²) in [5.74, 6) is 0. The summed E-state index contributed by atoms with van der Waals surface area (Å²) in [4.78, 5) is 11.0. The van der Waals surface area contributed by atoms with E-state index < -0.39 is 0 Å². The van der Waals surface area contributed by atoms with Crippen molar-refractivity contribution in [2.24, 2.45) is 7.05 Å². The number of aryl methyl sites for hydroxylation is 1. The quantitative estimate of drug-likeness (QED) is 0.372. The van der Waals surface area contributed by atoms with E-state index in [1.807, 2.05) is 54.2 Å². The van der Waals surface area contributed by atoms with Crippen molar-refractivity contribution in [2.45, 2.75) is 0 Å². The van der Waals surface area contributed by atoms with Crippen molar-refractivity contribution >= 4 is 16.6 Å². The summed E-state index contributed by atoms with van der Waals surface area (Å²) >= 11 is 0. The first-order chi connectivity index (χ1) is 12.1. The third-order valence-electron chi connectivity index (χ3n) is 4.45. The highest BCUT2D eigenvalue weighted by Gasteiger charge is 2.15. The minimum absolute atomic E-state index is 0.110. The highest BCUT2D eigenvalue weighted by atomic mass is 16.6. The van der Waals surface area contributed by atoms with Crippen molar-refractivity contribution in [2.75, 3.05) is 0 Å². The van der Waals surface area contributed by atoms with Gasteiger partial charge in [-0.3, -0.25) is 10.1 Å². The van der Waals surface area contributed by atoms with Crippen molar-refractivity contribution in [1.29, 1.82) is 0 Å². The molecule has 0 amide bonds. The van der Waals surface area contributed by atoms with Gasteiger partial charge in [0, 0.05) is 36.3 Å². The number of benzene rings is 3. The van der Waals surface area contributed by atoms with Gasteiger partial charge in [-0.1, -0.05) is 48.5 Å². The summed E-state index contributed by atoms with van der Waals surface area (Å²) in [5.41, 5.74) is 5.16. The van der Waals surface area contributed by atoms with Crippen LogP contribution in [0.15, 0.2) is 79.0 Å². The van der Waals surface area contributed by atoms with E-state index in [4.69, 9.17) is 0 Å². The number of rotatable bonds is 3. The maximum Gasteiger partial charge on any atom is 0.270 e. The summed E-state index contributed by atoms with van der Waals surface area (Å²) in [5, 5.41) is 12.2. The number of aromatic nitrogens is 1. The van der Waals surface area contributed by atoms with Crippen LogP contribution < -0.4 is 0 Å². The van der Waals surface area contributed by atoms with Crippen molar-refractivity contribution in [3.05, 3.63) is 89.1 Å². The Hall–Kier alpha value is -3.40. The fourth-order valence-electron chi connectivity index (χ4n) is 3.25. The highest BCUT2D eigenvalue weighted by molar-refractivity contribution is 5.97. The molecule has 0 atom stereocenters. The fraction of sp³-hybridized carbons (Fsp3) is 0.0476. The predicted molar refractivity (Wildman–Crippen MR) is 100 cm³/mol. The Labute approximate surface area is 145 Å². The van der Waals surface area contributed by atoms with Gasteiger partial charge in [0.25, 0.3) is 5.69 Å². The molecule has 4 aromatic rings. The molecule has 0 aliphatic rings. The van der Waals surface area contributed by atoms with Crippen LogP contribution in [0.25, 0.3) is 33.2 Å². The lowest BCUT2D eigenvalue weighted by molar-refractivity contribution is -0.384. The van der Waals surface area contributed by atoms with E-state index in [-0.39, 0.29) is 10.6 Å². The lowest BCUT2D eigenvalue weighted by Gasteiger charge is -2.09. The molecule has 25 heavy (non-hydrogen) atoms. The van der Waals surface area contributed by atoms with Gasteiger partial charge in [0.1, 0.15) is 0 Å². The molecule has 0 unspecified atom stereocenters. The van der Waals surface area contributed by atoms with Crippen molar-refractivity contribution in [1.82, 2.24) is 4.57 Å². The lowest BCUT2D eigenvalue weighted by atomic mass is 9.97. The molecular weight excluding hydrogens is 312 g/mol. The van der Waals surface area contributed by atoms with E-state index in [1.165, 1.54) is 0 Å². The Bertz CT molecular complexity index is 1080. The first kappa shape index (κ1) is 15.1. The van der Waals surface area contributed by atoms with E-state index in [0.29, 0.717) is 0 Å². The largest absolute Gasteiger partial charge is 0.350 e. The monoisotopic (exact) mass is 328 g/mol. The summed E-state index contributed by atoms with van der Waals surface area (Å²) in [6, 6.07) is 23.4.